The largest absolute Gasteiger partial charge is 0.367 e. The Morgan fingerprint density at radius 2 is 2.24 bits per heavy atom. The Morgan fingerprint density at radius 1 is 1.41 bits per heavy atom. The van der Waals surface area contributed by atoms with Crippen molar-refractivity contribution in [1.29, 1.82) is 0 Å². The van der Waals surface area contributed by atoms with Crippen LogP contribution in [0.5, 0.6) is 0 Å². The average molecular weight is 247 g/mol. The summed E-state index contributed by atoms with van der Waals surface area (Å²) in [5.74, 6) is 2.83. The molecule has 0 atom stereocenters. The minimum absolute atomic E-state index is 0.604. The van der Waals surface area contributed by atoms with Gasteiger partial charge in [-0.15, -0.1) is 11.3 Å². The van der Waals surface area contributed by atoms with Crippen molar-refractivity contribution in [3.05, 3.63) is 17.3 Å². The molecule has 3 rings (SSSR count). The molecule has 0 bridgehead atoms. The van der Waals surface area contributed by atoms with E-state index in [1.165, 1.54) is 18.2 Å². The van der Waals surface area contributed by atoms with Gasteiger partial charge >= 0.3 is 0 Å². The van der Waals surface area contributed by atoms with Gasteiger partial charge in [0.2, 0.25) is 0 Å². The van der Waals surface area contributed by atoms with Crippen LogP contribution in [0.15, 0.2) is 11.4 Å². The van der Waals surface area contributed by atoms with Gasteiger partial charge in [-0.2, -0.15) is 0 Å². The molecule has 0 spiro atoms. The topological polar surface area (TPSA) is 37.8 Å². The number of nitrogens with one attached hydrogen (secondary N) is 1. The Bertz CT molecular complexity index is 528. The number of fused-ring (bicyclic) bond motifs is 1. The minimum atomic E-state index is 0.604. The highest BCUT2D eigenvalue weighted by Crippen LogP contribution is 2.32. The molecule has 0 aromatic carbocycles. The number of anilines is 1. The summed E-state index contributed by atoms with van der Waals surface area (Å²) < 4.78 is 0. The van der Waals surface area contributed by atoms with Gasteiger partial charge in [0.25, 0.3) is 0 Å². The Hall–Kier alpha value is -1.16. The van der Waals surface area contributed by atoms with E-state index in [1.54, 1.807) is 11.3 Å². The first-order valence-corrected chi connectivity index (χ1v) is 7.15. The third kappa shape index (κ3) is 2.02. The van der Waals surface area contributed by atoms with E-state index in [0.717, 1.165) is 28.8 Å². The second-order valence-electron chi connectivity index (χ2n) is 4.90. The van der Waals surface area contributed by atoms with Crippen molar-refractivity contribution in [2.24, 2.45) is 5.92 Å². The van der Waals surface area contributed by atoms with Crippen LogP contribution in [0.25, 0.3) is 10.2 Å². The first-order chi connectivity index (χ1) is 8.26. The molecule has 0 unspecified atom stereocenters. The molecule has 17 heavy (non-hydrogen) atoms. The zero-order valence-corrected chi connectivity index (χ0v) is 11.0. The third-order valence-electron chi connectivity index (χ3n) is 3.40. The van der Waals surface area contributed by atoms with E-state index < -0.39 is 0 Å². The molecule has 2 heterocycles. The molecule has 1 aliphatic carbocycles. The van der Waals surface area contributed by atoms with E-state index in [9.17, 15) is 0 Å². The second kappa shape index (κ2) is 4.26. The molecule has 3 nitrogen and oxygen atoms in total. The second-order valence-corrected chi connectivity index (χ2v) is 5.79. The van der Waals surface area contributed by atoms with Crippen molar-refractivity contribution < 1.29 is 0 Å². The van der Waals surface area contributed by atoms with Gasteiger partial charge in [-0.3, -0.25) is 0 Å². The van der Waals surface area contributed by atoms with Gasteiger partial charge in [0.05, 0.1) is 5.39 Å². The lowest BCUT2D eigenvalue weighted by molar-refractivity contribution is 0.309. The molecular formula is C13H17N3S. The average Bonchev–Trinajstić information content (AvgIpc) is 2.74. The molecule has 0 aliphatic heterocycles. The van der Waals surface area contributed by atoms with E-state index >= 15 is 0 Å². The van der Waals surface area contributed by atoms with Crippen molar-refractivity contribution in [3.63, 3.8) is 0 Å². The van der Waals surface area contributed by atoms with Gasteiger partial charge < -0.3 is 5.32 Å². The summed E-state index contributed by atoms with van der Waals surface area (Å²) in [6.07, 6.45) is 3.41. The molecule has 90 valence electrons. The molecule has 1 N–H and O–H groups in total. The van der Waals surface area contributed by atoms with E-state index in [1.807, 2.05) is 0 Å². The van der Waals surface area contributed by atoms with Gasteiger partial charge in [-0.1, -0.05) is 13.8 Å². The summed E-state index contributed by atoms with van der Waals surface area (Å²) >= 11 is 1.69. The summed E-state index contributed by atoms with van der Waals surface area (Å²) in [6.45, 7) is 4.40. The van der Waals surface area contributed by atoms with Crippen molar-refractivity contribution in [3.8, 4) is 0 Å². The predicted octanol–water partition coefficient (Wildman–Crippen LogP) is 3.46. The predicted molar refractivity (Wildman–Crippen MR) is 72.6 cm³/mol. The van der Waals surface area contributed by atoms with Crippen molar-refractivity contribution in [1.82, 2.24) is 9.97 Å². The van der Waals surface area contributed by atoms with E-state index in [4.69, 9.17) is 0 Å². The van der Waals surface area contributed by atoms with Crippen LogP contribution < -0.4 is 5.32 Å². The summed E-state index contributed by atoms with van der Waals surface area (Å²) in [6, 6.07) is 2.72. The van der Waals surface area contributed by atoms with Crippen LogP contribution >= 0.6 is 11.3 Å². The molecule has 2 aromatic heterocycles. The van der Waals surface area contributed by atoms with Crippen LogP contribution in [0, 0.1) is 5.92 Å². The Kier molecular flexibility index (Phi) is 2.74. The minimum Gasteiger partial charge on any atom is -0.367 e. The molecule has 4 heteroatoms. The van der Waals surface area contributed by atoms with E-state index in [-0.39, 0.29) is 0 Å². The molecule has 1 aliphatic rings. The van der Waals surface area contributed by atoms with Gasteiger partial charge in [0.1, 0.15) is 16.5 Å². The van der Waals surface area contributed by atoms with Gasteiger partial charge in [0, 0.05) is 12.5 Å². The molecule has 0 radical (unpaired) electrons. The van der Waals surface area contributed by atoms with Crippen LogP contribution in [0.1, 0.15) is 32.5 Å². The standard InChI is InChI=1S/C13H17N3S/c1-3-11-15-12(14-9-6-8(2)7-9)10-4-5-17-13(10)16-11/h4-5,8-9H,3,6-7H2,1-2H3,(H,14,15,16). The summed E-state index contributed by atoms with van der Waals surface area (Å²) in [5, 5.41) is 6.83. The summed E-state index contributed by atoms with van der Waals surface area (Å²) in [4.78, 5) is 10.3. The van der Waals surface area contributed by atoms with Crippen LogP contribution in [0.2, 0.25) is 0 Å². The number of aryl methyl sites for hydroxylation is 1. The number of rotatable bonds is 3. The maximum Gasteiger partial charge on any atom is 0.138 e. The monoisotopic (exact) mass is 247 g/mol. The Balaban J connectivity index is 1.93. The highest BCUT2D eigenvalue weighted by Gasteiger charge is 2.26. The lowest BCUT2D eigenvalue weighted by Gasteiger charge is -2.33. The summed E-state index contributed by atoms with van der Waals surface area (Å²) in [5.41, 5.74) is 0. The van der Waals surface area contributed by atoms with Crippen LogP contribution in [0.3, 0.4) is 0 Å². The van der Waals surface area contributed by atoms with Crippen LogP contribution in [-0.2, 0) is 6.42 Å². The normalized spacial score (nSPS) is 23.6. The fraction of sp³-hybridized carbons (Fsp3) is 0.538. The highest BCUT2D eigenvalue weighted by atomic mass is 32.1. The third-order valence-corrected chi connectivity index (χ3v) is 4.21. The number of nitrogens with zero attached hydrogens (tertiary/aromatic N) is 2. The maximum absolute atomic E-state index is 4.62. The lowest BCUT2D eigenvalue weighted by Crippen LogP contribution is -2.34. The first kappa shape index (κ1) is 11.0. The molecule has 0 saturated heterocycles. The molecule has 0 amide bonds. The van der Waals surface area contributed by atoms with Gasteiger partial charge in [0.15, 0.2) is 0 Å². The van der Waals surface area contributed by atoms with Crippen molar-refractivity contribution >= 4 is 27.4 Å². The Labute approximate surface area is 105 Å². The van der Waals surface area contributed by atoms with E-state index in [0.29, 0.717) is 6.04 Å². The zero-order chi connectivity index (χ0) is 11.8. The first-order valence-electron chi connectivity index (χ1n) is 6.27. The highest BCUT2D eigenvalue weighted by molar-refractivity contribution is 7.16. The molecular weight excluding hydrogens is 230 g/mol. The van der Waals surface area contributed by atoms with Gasteiger partial charge in [-0.05, 0) is 30.2 Å². The fourth-order valence-electron chi connectivity index (χ4n) is 2.38. The fourth-order valence-corrected chi connectivity index (χ4v) is 3.16. The van der Waals surface area contributed by atoms with E-state index in [2.05, 4.69) is 40.6 Å². The maximum atomic E-state index is 4.62. The smallest absolute Gasteiger partial charge is 0.138 e. The van der Waals surface area contributed by atoms with Crippen LogP contribution in [-0.4, -0.2) is 16.0 Å². The number of hydrogen-bond donors (Lipinski definition) is 1. The number of hydrogen-bond acceptors (Lipinski definition) is 4. The quantitative estimate of drug-likeness (QED) is 0.902. The summed E-state index contributed by atoms with van der Waals surface area (Å²) in [7, 11) is 0. The van der Waals surface area contributed by atoms with Crippen molar-refractivity contribution in [2.45, 2.75) is 39.2 Å². The number of thiophene rings is 1. The molecule has 1 fully saturated rings. The SMILES string of the molecule is CCc1nc(NC2CC(C)C2)c2ccsc2n1. The molecule has 2 aromatic rings. The van der Waals surface area contributed by atoms with Crippen molar-refractivity contribution in [2.75, 3.05) is 5.32 Å². The lowest BCUT2D eigenvalue weighted by atomic mass is 9.82. The van der Waals surface area contributed by atoms with Crippen LogP contribution in [0.4, 0.5) is 5.82 Å². The number of aromatic nitrogens is 2. The molecule has 1 saturated carbocycles. The Morgan fingerprint density at radius 3 is 2.94 bits per heavy atom. The van der Waals surface area contributed by atoms with Gasteiger partial charge in [-0.25, -0.2) is 9.97 Å². The zero-order valence-electron chi connectivity index (χ0n) is 10.2.